The van der Waals surface area contributed by atoms with Gasteiger partial charge >= 0.3 is 0 Å². The zero-order chi connectivity index (χ0) is 29.8. The normalized spacial score (nSPS) is 21.1. The molecule has 0 bridgehead atoms. The second kappa shape index (κ2) is 10.9. The number of para-hydroxylation sites is 2. The Morgan fingerprint density at radius 1 is 0.667 bits per heavy atom. The number of hydrogen-bond acceptors (Lipinski definition) is 2. The summed E-state index contributed by atoms with van der Waals surface area (Å²) in [6, 6.07) is 32.6. The van der Waals surface area contributed by atoms with Gasteiger partial charge in [0.2, 0.25) is 0 Å². The molecule has 1 fully saturated rings. The van der Waals surface area contributed by atoms with Crippen molar-refractivity contribution in [3.8, 4) is 11.1 Å². The molecular formula is C43H42N2. The van der Waals surface area contributed by atoms with E-state index in [1.165, 1.54) is 102 Å². The summed E-state index contributed by atoms with van der Waals surface area (Å²) in [5.41, 5.74) is 16.0. The van der Waals surface area contributed by atoms with Gasteiger partial charge in [0, 0.05) is 41.3 Å². The molecule has 0 amide bonds. The van der Waals surface area contributed by atoms with E-state index in [2.05, 4.69) is 125 Å². The van der Waals surface area contributed by atoms with Crippen LogP contribution >= 0.6 is 0 Å². The molecule has 0 aromatic heterocycles. The van der Waals surface area contributed by atoms with Crippen LogP contribution in [0.5, 0.6) is 0 Å². The molecule has 5 aliphatic rings. The lowest BCUT2D eigenvalue weighted by molar-refractivity contribution is 0.549. The van der Waals surface area contributed by atoms with Crippen LogP contribution in [0.1, 0.15) is 72.8 Å². The Labute approximate surface area is 268 Å². The zero-order valence-corrected chi connectivity index (χ0v) is 26.2. The van der Waals surface area contributed by atoms with Gasteiger partial charge in [-0.05, 0) is 120 Å². The van der Waals surface area contributed by atoms with Gasteiger partial charge in [0.15, 0.2) is 0 Å². The topological polar surface area (TPSA) is 6.48 Å². The Morgan fingerprint density at radius 2 is 1.33 bits per heavy atom. The highest BCUT2D eigenvalue weighted by atomic mass is 15.1. The molecule has 0 N–H and O–H groups in total. The number of nitrogens with zero attached hydrogens (tertiary/aromatic N) is 2. The molecule has 4 aromatic carbocycles. The SMILES string of the molecule is C1=CC(/C=C/c2ccc3c(c2)C2(CCCC2)c2cc(N4CCCc5ccccc54)ccc2-3)CC=C1N1CCCc2ccccc21. The lowest BCUT2D eigenvalue weighted by atomic mass is 9.76. The lowest BCUT2D eigenvalue weighted by Crippen LogP contribution is -2.28. The monoisotopic (exact) mass is 586 g/mol. The van der Waals surface area contributed by atoms with Gasteiger partial charge in [-0.3, -0.25) is 0 Å². The van der Waals surface area contributed by atoms with E-state index in [0.29, 0.717) is 5.92 Å². The molecule has 0 saturated heterocycles. The molecule has 1 spiro atoms. The highest BCUT2D eigenvalue weighted by Crippen LogP contribution is 2.58. The Balaban J connectivity index is 0.977. The predicted molar refractivity (Wildman–Crippen MR) is 189 cm³/mol. The summed E-state index contributed by atoms with van der Waals surface area (Å²) in [5, 5.41) is 0. The largest absolute Gasteiger partial charge is 0.342 e. The number of rotatable bonds is 4. The van der Waals surface area contributed by atoms with E-state index in [0.717, 1.165) is 19.5 Å². The number of hydrogen-bond donors (Lipinski definition) is 0. The second-order valence-electron chi connectivity index (χ2n) is 13.8. The summed E-state index contributed by atoms with van der Waals surface area (Å²) in [6.45, 7) is 2.21. The van der Waals surface area contributed by atoms with Crippen LogP contribution in [-0.2, 0) is 18.3 Å². The smallest absolute Gasteiger partial charge is 0.0443 e. The molecule has 2 aliphatic heterocycles. The van der Waals surface area contributed by atoms with Crippen LogP contribution in [0.4, 0.5) is 17.1 Å². The third-order valence-corrected chi connectivity index (χ3v) is 11.3. The van der Waals surface area contributed by atoms with Gasteiger partial charge in [-0.25, -0.2) is 0 Å². The van der Waals surface area contributed by atoms with E-state index in [9.17, 15) is 0 Å². The van der Waals surface area contributed by atoms with Crippen molar-refractivity contribution in [3.05, 3.63) is 143 Å². The fourth-order valence-electron chi connectivity index (χ4n) is 9.10. The van der Waals surface area contributed by atoms with Crippen LogP contribution in [-0.4, -0.2) is 13.1 Å². The molecule has 0 radical (unpaired) electrons. The highest BCUT2D eigenvalue weighted by Gasteiger charge is 2.45. The molecule has 2 nitrogen and oxygen atoms in total. The fourth-order valence-corrected chi connectivity index (χ4v) is 9.10. The maximum Gasteiger partial charge on any atom is 0.0443 e. The first-order chi connectivity index (χ1) is 22.3. The molecule has 2 heteroatoms. The van der Waals surface area contributed by atoms with E-state index < -0.39 is 0 Å². The van der Waals surface area contributed by atoms with Crippen molar-refractivity contribution in [1.29, 1.82) is 0 Å². The van der Waals surface area contributed by atoms with Crippen LogP contribution in [0.3, 0.4) is 0 Å². The van der Waals surface area contributed by atoms with E-state index in [1.54, 1.807) is 11.1 Å². The molecule has 1 unspecified atom stereocenters. The van der Waals surface area contributed by atoms with E-state index in [1.807, 2.05) is 0 Å². The van der Waals surface area contributed by atoms with Crippen molar-refractivity contribution in [2.45, 2.75) is 63.2 Å². The molecule has 3 aliphatic carbocycles. The lowest BCUT2D eigenvalue weighted by Gasteiger charge is -2.33. The van der Waals surface area contributed by atoms with Gasteiger partial charge in [-0.2, -0.15) is 0 Å². The van der Waals surface area contributed by atoms with Gasteiger partial charge < -0.3 is 9.80 Å². The highest BCUT2D eigenvalue weighted by molar-refractivity contribution is 5.85. The van der Waals surface area contributed by atoms with Crippen molar-refractivity contribution >= 4 is 23.1 Å². The summed E-state index contributed by atoms with van der Waals surface area (Å²) < 4.78 is 0. The minimum atomic E-state index is 0.160. The first-order valence-corrected chi connectivity index (χ1v) is 17.3. The van der Waals surface area contributed by atoms with Crippen LogP contribution in [0.2, 0.25) is 0 Å². The van der Waals surface area contributed by atoms with Crippen molar-refractivity contribution in [2.24, 2.45) is 5.92 Å². The van der Waals surface area contributed by atoms with E-state index >= 15 is 0 Å². The first-order valence-electron chi connectivity index (χ1n) is 17.3. The fraction of sp³-hybridized carbons (Fsp3) is 0.302. The third-order valence-electron chi connectivity index (χ3n) is 11.3. The average molecular weight is 587 g/mol. The van der Waals surface area contributed by atoms with Crippen molar-refractivity contribution in [1.82, 2.24) is 0 Å². The molecule has 9 rings (SSSR count). The summed E-state index contributed by atoms with van der Waals surface area (Å²) in [5.74, 6) is 0.439. The minimum absolute atomic E-state index is 0.160. The molecule has 1 saturated carbocycles. The minimum Gasteiger partial charge on any atom is -0.342 e. The van der Waals surface area contributed by atoms with Crippen LogP contribution in [0.15, 0.2) is 115 Å². The maximum atomic E-state index is 2.57. The van der Waals surface area contributed by atoms with Crippen LogP contribution in [0.25, 0.3) is 17.2 Å². The number of fused-ring (bicyclic) bond motifs is 7. The molecule has 4 aromatic rings. The Bertz CT molecular complexity index is 1870. The summed E-state index contributed by atoms with van der Waals surface area (Å²) in [7, 11) is 0. The summed E-state index contributed by atoms with van der Waals surface area (Å²) in [4.78, 5) is 5.09. The van der Waals surface area contributed by atoms with Gasteiger partial charge in [0.1, 0.15) is 0 Å². The summed E-state index contributed by atoms with van der Waals surface area (Å²) in [6.07, 6.45) is 23.0. The van der Waals surface area contributed by atoms with Gasteiger partial charge in [-0.1, -0.05) is 97.8 Å². The quantitative estimate of drug-likeness (QED) is 0.235. The Morgan fingerprint density at radius 3 is 2.07 bits per heavy atom. The molecule has 224 valence electrons. The molecule has 2 heterocycles. The zero-order valence-electron chi connectivity index (χ0n) is 26.2. The number of aryl methyl sites for hydroxylation is 2. The number of anilines is 3. The standard InChI is InChI=1S/C43H42N2/c1-3-13-41-33(9-1)11-7-27-44(41)35-20-17-31(18-21-35)15-16-32-19-23-37-38-24-22-36(45-28-8-12-34-10-2-4-14-42(34)45)30-40(38)43(39(37)29-32)25-5-6-26-43/h1-4,9-10,13-17,19-24,29-31H,5-8,11-12,18,25-28H2/b16-15+. The van der Waals surface area contributed by atoms with E-state index in [-0.39, 0.29) is 5.41 Å². The molecule has 1 atom stereocenters. The third kappa shape index (κ3) is 4.52. The Kier molecular flexibility index (Phi) is 6.58. The predicted octanol–water partition coefficient (Wildman–Crippen LogP) is 10.5. The van der Waals surface area contributed by atoms with Crippen LogP contribution in [0, 0.1) is 5.92 Å². The maximum absolute atomic E-state index is 2.57. The molecular weight excluding hydrogens is 544 g/mol. The van der Waals surface area contributed by atoms with Gasteiger partial charge in [0.25, 0.3) is 0 Å². The summed E-state index contributed by atoms with van der Waals surface area (Å²) >= 11 is 0. The van der Waals surface area contributed by atoms with Crippen molar-refractivity contribution in [2.75, 3.05) is 22.9 Å². The second-order valence-corrected chi connectivity index (χ2v) is 13.8. The van der Waals surface area contributed by atoms with E-state index in [4.69, 9.17) is 0 Å². The van der Waals surface area contributed by atoms with Gasteiger partial charge in [0.05, 0.1) is 0 Å². The first kappa shape index (κ1) is 27.0. The van der Waals surface area contributed by atoms with Crippen molar-refractivity contribution < 1.29 is 0 Å². The number of allylic oxidation sites excluding steroid dienone is 4. The number of benzene rings is 4. The molecule has 45 heavy (non-hydrogen) atoms. The average Bonchev–Trinajstić information content (AvgIpc) is 3.71. The van der Waals surface area contributed by atoms with Crippen molar-refractivity contribution in [3.63, 3.8) is 0 Å². The van der Waals surface area contributed by atoms with Crippen LogP contribution < -0.4 is 9.80 Å². The van der Waals surface area contributed by atoms with Gasteiger partial charge in [-0.15, -0.1) is 0 Å². The Hall–Kier alpha value is -4.30.